The van der Waals surface area contributed by atoms with Gasteiger partial charge in [0.2, 0.25) is 0 Å². The van der Waals surface area contributed by atoms with Gasteiger partial charge in [0.15, 0.2) is 5.82 Å². The average molecular weight is 447 g/mol. The van der Waals surface area contributed by atoms with E-state index < -0.39 is 0 Å². The molecule has 1 aliphatic rings. The summed E-state index contributed by atoms with van der Waals surface area (Å²) in [6, 6.07) is 2.36. The number of anilines is 2. The molecule has 0 saturated carbocycles. The number of hydrogen-bond acceptors (Lipinski definition) is 8. The van der Waals surface area contributed by atoms with E-state index in [-0.39, 0.29) is 0 Å². The highest BCUT2D eigenvalue weighted by atomic mass is 16.5. The third-order valence-electron chi connectivity index (χ3n) is 5.19. The lowest BCUT2D eigenvalue weighted by molar-refractivity contribution is 0.0317. The fourth-order valence-corrected chi connectivity index (χ4v) is 3.68. The zero-order valence-electron chi connectivity index (χ0n) is 20.7. The Morgan fingerprint density at radius 1 is 1.19 bits per heavy atom. The summed E-state index contributed by atoms with van der Waals surface area (Å²) in [5.74, 6) is 1.53. The van der Waals surface area contributed by atoms with E-state index in [0.717, 1.165) is 83.2 Å². The van der Waals surface area contributed by atoms with Crippen molar-refractivity contribution in [3.8, 4) is 6.01 Å². The Kier molecular flexibility index (Phi) is 12.0. The number of nitrogens with zero attached hydrogens (tertiary/aromatic N) is 5. The van der Waals surface area contributed by atoms with Crippen LogP contribution in [-0.4, -0.2) is 73.1 Å². The van der Waals surface area contributed by atoms with Crippen LogP contribution >= 0.6 is 0 Å². The molecule has 0 aromatic carbocycles. The topological polar surface area (TPSA) is 75.1 Å². The molecular formula is C24H42N6O2. The number of morpholine rings is 1. The molecule has 8 nitrogen and oxygen atoms in total. The maximum atomic E-state index is 5.97. The van der Waals surface area contributed by atoms with Gasteiger partial charge in [-0.05, 0) is 33.1 Å². The Labute approximate surface area is 194 Å². The van der Waals surface area contributed by atoms with Crippen LogP contribution in [0.25, 0.3) is 0 Å². The van der Waals surface area contributed by atoms with Crippen LogP contribution in [0.1, 0.15) is 60.3 Å². The van der Waals surface area contributed by atoms with Gasteiger partial charge in [0.1, 0.15) is 12.4 Å². The van der Waals surface area contributed by atoms with E-state index in [2.05, 4.69) is 59.1 Å². The third-order valence-corrected chi connectivity index (χ3v) is 5.19. The van der Waals surface area contributed by atoms with Crippen molar-refractivity contribution in [3.63, 3.8) is 0 Å². The highest BCUT2D eigenvalue weighted by Crippen LogP contribution is 2.20. The molecule has 32 heavy (non-hydrogen) atoms. The molecule has 0 amide bonds. The van der Waals surface area contributed by atoms with Crippen molar-refractivity contribution in [2.75, 3.05) is 62.9 Å². The van der Waals surface area contributed by atoms with Crippen molar-refractivity contribution in [2.24, 2.45) is 5.10 Å². The summed E-state index contributed by atoms with van der Waals surface area (Å²) in [5, 5.41) is 4.54. The quantitative estimate of drug-likeness (QED) is 0.259. The third kappa shape index (κ3) is 9.53. The average Bonchev–Trinajstić information content (AvgIpc) is 2.78. The molecule has 8 heteroatoms. The van der Waals surface area contributed by atoms with Crippen molar-refractivity contribution < 1.29 is 9.47 Å². The highest BCUT2D eigenvalue weighted by molar-refractivity contribution is 5.84. The van der Waals surface area contributed by atoms with Crippen molar-refractivity contribution in [1.82, 2.24) is 14.9 Å². The normalized spacial score (nSPS) is 15.7. The van der Waals surface area contributed by atoms with Crippen LogP contribution in [0.2, 0.25) is 0 Å². The number of rotatable bonds is 14. The van der Waals surface area contributed by atoms with E-state index in [0.29, 0.717) is 18.4 Å². The van der Waals surface area contributed by atoms with Gasteiger partial charge in [-0.15, -0.1) is 0 Å². The molecule has 0 unspecified atom stereocenters. The predicted octanol–water partition coefficient (Wildman–Crippen LogP) is 4.35. The van der Waals surface area contributed by atoms with Crippen LogP contribution < -0.4 is 15.1 Å². The first-order valence-electron chi connectivity index (χ1n) is 12.1. The van der Waals surface area contributed by atoms with Gasteiger partial charge >= 0.3 is 6.01 Å². The van der Waals surface area contributed by atoms with Crippen molar-refractivity contribution >= 4 is 17.3 Å². The summed E-state index contributed by atoms with van der Waals surface area (Å²) in [6.07, 6.45) is 6.23. The van der Waals surface area contributed by atoms with Crippen molar-refractivity contribution in [2.45, 2.75) is 60.3 Å². The van der Waals surface area contributed by atoms with Crippen LogP contribution in [0.3, 0.4) is 0 Å². The van der Waals surface area contributed by atoms with Crippen LogP contribution in [0.4, 0.5) is 11.6 Å². The van der Waals surface area contributed by atoms with Gasteiger partial charge in [-0.2, -0.15) is 15.1 Å². The molecule has 2 heterocycles. The first-order valence-corrected chi connectivity index (χ1v) is 12.1. The van der Waals surface area contributed by atoms with Gasteiger partial charge in [-0.1, -0.05) is 32.4 Å². The second-order valence-corrected chi connectivity index (χ2v) is 8.28. The van der Waals surface area contributed by atoms with E-state index >= 15 is 0 Å². The molecule has 0 atom stereocenters. The molecule has 180 valence electrons. The van der Waals surface area contributed by atoms with Crippen LogP contribution in [0.15, 0.2) is 22.8 Å². The van der Waals surface area contributed by atoms with Crippen LogP contribution in [0, 0.1) is 0 Å². The second-order valence-electron chi connectivity index (χ2n) is 8.28. The minimum absolute atomic E-state index is 0.394. The Morgan fingerprint density at radius 2 is 1.91 bits per heavy atom. The fourth-order valence-electron chi connectivity index (χ4n) is 3.68. The number of hydrogen-bond donors (Lipinski definition) is 1. The molecule has 1 N–H and O–H groups in total. The van der Waals surface area contributed by atoms with E-state index in [4.69, 9.17) is 14.5 Å². The van der Waals surface area contributed by atoms with E-state index in [1.807, 2.05) is 13.0 Å². The smallest absolute Gasteiger partial charge is 0.320 e. The summed E-state index contributed by atoms with van der Waals surface area (Å²) in [4.78, 5) is 13.9. The standard InChI is InChI=1S/C24H42N6O2/c1-6-9-20(4)18-21(5)27-28-22-19-23(30(10-7-2)11-8-3)26-24(25-22)32-17-14-29-12-15-31-16-13-29/h9,19H,6-8,10-18H2,1-5H3,(H,25,26,28)/b20-9-,27-21+. The van der Waals surface area contributed by atoms with Gasteiger partial charge < -0.3 is 14.4 Å². The van der Waals surface area contributed by atoms with Crippen molar-refractivity contribution in [1.29, 1.82) is 0 Å². The minimum Gasteiger partial charge on any atom is -0.462 e. The number of ether oxygens (including phenoxy) is 2. The molecule has 0 radical (unpaired) electrons. The number of hydrazone groups is 1. The molecule has 0 bridgehead atoms. The summed E-state index contributed by atoms with van der Waals surface area (Å²) in [7, 11) is 0. The predicted molar refractivity (Wildman–Crippen MR) is 133 cm³/mol. The van der Waals surface area contributed by atoms with Crippen LogP contribution in [0.5, 0.6) is 6.01 Å². The minimum atomic E-state index is 0.394. The SMILES string of the molecule is CC/C=C(/C)C/C(C)=N/Nc1cc(N(CCC)CCC)nc(OCCN2CCOCC2)n1. The summed E-state index contributed by atoms with van der Waals surface area (Å²) in [5.41, 5.74) is 5.46. The number of nitrogens with one attached hydrogen (secondary N) is 1. The molecule has 0 aliphatic carbocycles. The van der Waals surface area contributed by atoms with E-state index in [1.54, 1.807) is 0 Å². The van der Waals surface area contributed by atoms with Gasteiger partial charge in [0.25, 0.3) is 0 Å². The van der Waals surface area contributed by atoms with Crippen molar-refractivity contribution in [3.05, 3.63) is 17.7 Å². The monoisotopic (exact) mass is 446 g/mol. The molecule has 2 rings (SSSR count). The first-order chi connectivity index (χ1) is 15.5. The largest absolute Gasteiger partial charge is 0.462 e. The lowest BCUT2D eigenvalue weighted by Gasteiger charge is -2.26. The zero-order chi connectivity index (χ0) is 23.2. The molecule has 0 spiro atoms. The highest BCUT2D eigenvalue weighted by Gasteiger charge is 2.14. The number of allylic oxidation sites excluding steroid dienone is 2. The van der Waals surface area contributed by atoms with E-state index in [9.17, 15) is 0 Å². The molecule has 1 aromatic heterocycles. The lowest BCUT2D eigenvalue weighted by Crippen LogP contribution is -2.38. The molecular weight excluding hydrogens is 404 g/mol. The summed E-state index contributed by atoms with van der Waals surface area (Å²) >= 11 is 0. The summed E-state index contributed by atoms with van der Waals surface area (Å²) in [6.45, 7) is 17.4. The summed E-state index contributed by atoms with van der Waals surface area (Å²) < 4.78 is 11.4. The fraction of sp³-hybridized carbons (Fsp3) is 0.708. The Balaban J connectivity index is 2.12. The number of aromatic nitrogens is 2. The second kappa shape index (κ2) is 14.8. The van der Waals surface area contributed by atoms with Gasteiger partial charge in [-0.25, -0.2) is 0 Å². The van der Waals surface area contributed by atoms with Gasteiger partial charge in [0, 0.05) is 50.9 Å². The van der Waals surface area contributed by atoms with Gasteiger partial charge in [0.05, 0.1) is 13.2 Å². The van der Waals surface area contributed by atoms with Crippen LogP contribution in [-0.2, 0) is 4.74 Å². The maximum Gasteiger partial charge on any atom is 0.320 e. The van der Waals surface area contributed by atoms with Gasteiger partial charge in [-0.3, -0.25) is 10.3 Å². The molecule has 1 aromatic rings. The van der Waals surface area contributed by atoms with E-state index in [1.165, 1.54) is 5.57 Å². The molecule has 1 fully saturated rings. The Bertz CT molecular complexity index is 725. The Morgan fingerprint density at radius 3 is 2.56 bits per heavy atom. The molecule has 1 aliphatic heterocycles. The first kappa shape index (κ1) is 26.1. The Hall–Kier alpha value is -2.19. The lowest BCUT2D eigenvalue weighted by atomic mass is 10.1. The molecule has 1 saturated heterocycles. The zero-order valence-corrected chi connectivity index (χ0v) is 20.7. The maximum absolute atomic E-state index is 5.97.